The molecule has 1 fully saturated rings. The Labute approximate surface area is 192 Å². The van der Waals surface area contributed by atoms with Crippen molar-refractivity contribution in [1.82, 2.24) is 25.1 Å². The third kappa shape index (κ3) is 3.09. The molecule has 0 bridgehead atoms. The number of nitrogens with one attached hydrogen (secondary N) is 2. The number of benzene rings is 1. The lowest BCUT2D eigenvalue weighted by atomic mass is 9.74. The van der Waals surface area contributed by atoms with Crippen molar-refractivity contribution in [2.24, 2.45) is 0 Å². The van der Waals surface area contributed by atoms with Gasteiger partial charge in [0.05, 0.1) is 17.1 Å². The van der Waals surface area contributed by atoms with Crippen LogP contribution in [0.5, 0.6) is 0 Å². The number of aromatic amines is 1. The average Bonchev–Trinajstić information content (AvgIpc) is 3.44. The molecule has 1 saturated carbocycles. The van der Waals surface area contributed by atoms with E-state index in [2.05, 4.69) is 55.7 Å². The summed E-state index contributed by atoms with van der Waals surface area (Å²) in [6.45, 7) is 0.919. The monoisotopic (exact) mass is 437 g/mol. The number of pyridine rings is 1. The summed E-state index contributed by atoms with van der Waals surface area (Å²) in [5.41, 5.74) is 7.96. The highest BCUT2D eigenvalue weighted by Crippen LogP contribution is 2.45. The van der Waals surface area contributed by atoms with Gasteiger partial charge in [0.2, 0.25) is 0 Å². The summed E-state index contributed by atoms with van der Waals surface area (Å²) in [7, 11) is 0. The maximum absolute atomic E-state index is 4.98. The highest BCUT2D eigenvalue weighted by Gasteiger charge is 2.40. The van der Waals surface area contributed by atoms with E-state index in [0.29, 0.717) is 5.92 Å². The minimum Gasteiger partial charge on any atom is -0.379 e. The van der Waals surface area contributed by atoms with Gasteiger partial charge in [0.15, 0.2) is 17.0 Å². The maximum Gasteiger partial charge on any atom is 0.183 e. The molecule has 5 heterocycles. The number of rotatable bonds is 2. The van der Waals surface area contributed by atoms with E-state index < -0.39 is 0 Å². The van der Waals surface area contributed by atoms with Crippen LogP contribution >= 0.6 is 0 Å². The number of aryl methyl sites for hydroxylation is 1. The van der Waals surface area contributed by atoms with Crippen LogP contribution in [0.3, 0.4) is 0 Å². The normalized spacial score (nSPS) is 24.0. The SMILES string of the molecule is c1ccc2c(c1)C[C@]1(CC[C@@H](c3cnc4c(N5CCCc6ncccc65)n[nH]c4n3)CC1)N2. The minimum absolute atomic E-state index is 0.217. The molecule has 33 heavy (non-hydrogen) atoms. The van der Waals surface area contributed by atoms with Gasteiger partial charge in [0.1, 0.15) is 0 Å². The second-order valence-corrected chi connectivity index (χ2v) is 9.78. The van der Waals surface area contributed by atoms with Gasteiger partial charge in [-0.2, -0.15) is 5.10 Å². The predicted molar refractivity (Wildman–Crippen MR) is 129 cm³/mol. The van der Waals surface area contributed by atoms with Gasteiger partial charge < -0.3 is 10.2 Å². The second-order valence-electron chi connectivity index (χ2n) is 9.78. The summed E-state index contributed by atoms with van der Waals surface area (Å²) >= 11 is 0. The smallest absolute Gasteiger partial charge is 0.183 e. The first kappa shape index (κ1) is 19.0. The fraction of sp³-hybridized carbons (Fsp3) is 0.385. The van der Waals surface area contributed by atoms with Crippen LogP contribution in [0.2, 0.25) is 0 Å². The molecule has 0 atom stereocenters. The molecule has 1 aliphatic carbocycles. The van der Waals surface area contributed by atoms with Gasteiger partial charge in [-0.05, 0) is 68.7 Å². The molecule has 1 spiro atoms. The molecular weight excluding hydrogens is 410 g/mol. The molecule has 0 saturated heterocycles. The number of hydrogen-bond acceptors (Lipinski definition) is 6. The minimum atomic E-state index is 0.217. The van der Waals surface area contributed by atoms with Crippen molar-refractivity contribution in [2.45, 2.75) is 56.4 Å². The Hall–Kier alpha value is -3.48. The van der Waals surface area contributed by atoms with Crippen molar-refractivity contribution in [2.75, 3.05) is 16.8 Å². The van der Waals surface area contributed by atoms with E-state index in [1.165, 1.54) is 11.3 Å². The molecule has 0 unspecified atom stereocenters. The van der Waals surface area contributed by atoms with Crippen molar-refractivity contribution in [3.05, 3.63) is 65.7 Å². The zero-order chi connectivity index (χ0) is 21.8. The Morgan fingerprint density at radius 2 is 1.94 bits per heavy atom. The number of H-pyrrole nitrogens is 1. The number of fused-ring (bicyclic) bond motifs is 3. The molecular formula is C26H27N7. The Morgan fingerprint density at radius 3 is 2.85 bits per heavy atom. The highest BCUT2D eigenvalue weighted by atomic mass is 15.3. The fourth-order valence-corrected chi connectivity index (χ4v) is 6.06. The van der Waals surface area contributed by atoms with Gasteiger partial charge in [-0.25, -0.2) is 9.97 Å². The highest BCUT2D eigenvalue weighted by molar-refractivity contribution is 5.86. The largest absolute Gasteiger partial charge is 0.379 e. The van der Waals surface area contributed by atoms with Gasteiger partial charge in [0.25, 0.3) is 0 Å². The molecule has 2 aliphatic heterocycles. The van der Waals surface area contributed by atoms with Gasteiger partial charge in [0, 0.05) is 36.1 Å². The standard InChI is InChI=1S/C26H27N7/c1-2-6-19-18(5-1)15-26(30-19)11-9-17(10-12-26)21-16-28-23-24(29-21)31-32-25(23)33-14-4-7-20-22(33)8-3-13-27-20/h1-3,5-6,8,13,16-17,30H,4,7,9-12,14-15H2,(H,29,31,32)/t17-,26-. The van der Waals surface area contributed by atoms with Crippen LogP contribution in [0.25, 0.3) is 11.2 Å². The van der Waals surface area contributed by atoms with E-state index in [0.717, 1.165) is 85.5 Å². The summed E-state index contributed by atoms with van der Waals surface area (Å²) in [6.07, 6.45) is 11.6. The Bertz CT molecular complexity index is 1310. The summed E-state index contributed by atoms with van der Waals surface area (Å²) in [4.78, 5) is 16.6. The lowest BCUT2D eigenvalue weighted by molar-refractivity contribution is 0.301. The molecule has 7 nitrogen and oxygen atoms in total. The summed E-state index contributed by atoms with van der Waals surface area (Å²) in [5.74, 6) is 1.30. The first-order chi connectivity index (χ1) is 16.3. The Kier molecular flexibility index (Phi) is 4.19. The van der Waals surface area contributed by atoms with Crippen LogP contribution < -0.4 is 10.2 Å². The zero-order valence-electron chi connectivity index (χ0n) is 18.6. The van der Waals surface area contributed by atoms with Gasteiger partial charge in [-0.15, -0.1) is 0 Å². The van der Waals surface area contributed by atoms with Crippen LogP contribution in [0, 0.1) is 0 Å². The Morgan fingerprint density at radius 1 is 1.03 bits per heavy atom. The van der Waals surface area contributed by atoms with Gasteiger partial charge in [-0.3, -0.25) is 10.1 Å². The van der Waals surface area contributed by atoms with E-state index in [9.17, 15) is 0 Å². The average molecular weight is 438 g/mol. The summed E-state index contributed by atoms with van der Waals surface area (Å²) < 4.78 is 0. The number of hydrogen-bond donors (Lipinski definition) is 2. The van der Waals surface area contributed by atoms with Gasteiger partial charge in [-0.1, -0.05) is 18.2 Å². The molecule has 1 aromatic carbocycles. The molecule has 166 valence electrons. The van der Waals surface area contributed by atoms with Crippen LogP contribution in [0.15, 0.2) is 48.8 Å². The van der Waals surface area contributed by atoms with E-state index in [-0.39, 0.29) is 5.54 Å². The van der Waals surface area contributed by atoms with Crippen molar-refractivity contribution in [3.8, 4) is 0 Å². The van der Waals surface area contributed by atoms with Crippen molar-refractivity contribution >= 4 is 28.4 Å². The Balaban J connectivity index is 1.12. The third-order valence-corrected chi connectivity index (χ3v) is 7.79. The van der Waals surface area contributed by atoms with E-state index in [4.69, 9.17) is 9.97 Å². The number of nitrogens with zero attached hydrogens (tertiary/aromatic N) is 5. The molecule has 0 radical (unpaired) electrons. The van der Waals surface area contributed by atoms with E-state index in [1.54, 1.807) is 0 Å². The molecule has 2 N–H and O–H groups in total. The maximum atomic E-state index is 4.98. The number of anilines is 3. The van der Waals surface area contributed by atoms with Crippen molar-refractivity contribution in [3.63, 3.8) is 0 Å². The van der Waals surface area contributed by atoms with Crippen molar-refractivity contribution in [1.29, 1.82) is 0 Å². The lowest BCUT2D eigenvalue weighted by Gasteiger charge is -2.37. The third-order valence-electron chi connectivity index (χ3n) is 7.79. The number of para-hydroxylation sites is 1. The molecule has 3 aromatic heterocycles. The summed E-state index contributed by atoms with van der Waals surface area (Å²) in [5, 5.41) is 11.6. The van der Waals surface area contributed by atoms with Gasteiger partial charge >= 0.3 is 0 Å². The quantitative estimate of drug-likeness (QED) is 0.464. The summed E-state index contributed by atoms with van der Waals surface area (Å²) in [6, 6.07) is 12.9. The molecule has 7 heteroatoms. The van der Waals surface area contributed by atoms with Crippen LogP contribution in [0.1, 0.15) is 55.0 Å². The first-order valence-corrected chi connectivity index (χ1v) is 12.1. The molecule has 7 rings (SSSR count). The molecule has 0 amide bonds. The topological polar surface area (TPSA) is 82.6 Å². The second kappa shape index (κ2) is 7.27. The lowest BCUT2D eigenvalue weighted by Crippen LogP contribution is -2.39. The first-order valence-electron chi connectivity index (χ1n) is 12.1. The zero-order valence-corrected chi connectivity index (χ0v) is 18.6. The molecule has 3 aliphatic rings. The van der Waals surface area contributed by atoms with Crippen LogP contribution in [-0.4, -0.2) is 37.2 Å². The predicted octanol–water partition coefficient (Wildman–Crippen LogP) is 4.90. The van der Waals surface area contributed by atoms with E-state index >= 15 is 0 Å². The van der Waals surface area contributed by atoms with Crippen molar-refractivity contribution < 1.29 is 0 Å². The molecule has 4 aromatic rings. The van der Waals surface area contributed by atoms with Crippen LogP contribution in [-0.2, 0) is 12.8 Å². The van der Waals surface area contributed by atoms with E-state index in [1.807, 2.05) is 18.5 Å². The fourth-order valence-electron chi connectivity index (χ4n) is 6.06. The number of aromatic nitrogens is 5. The van der Waals surface area contributed by atoms with Crippen LogP contribution in [0.4, 0.5) is 17.2 Å².